The van der Waals surface area contributed by atoms with Crippen LogP contribution in [0.3, 0.4) is 0 Å². The first-order valence-electron chi connectivity index (χ1n) is 8.21. The summed E-state index contributed by atoms with van der Waals surface area (Å²) in [7, 11) is 0. The molecule has 0 radical (unpaired) electrons. The van der Waals surface area contributed by atoms with E-state index in [0.29, 0.717) is 34.9 Å². The molecule has 1 amide bonds. The molecule has 0 aliphatic heterocycles. The van der Waals surface area contributed by atoms with Crippen LogP contribution >= 0.6 is 15.9 Å². The first-order chi connectivity index (χ1) is 12.2. The molecular formula is C20H21BrFNO3. The van der Waals surface area contributed by atoms with Gasteiger partial charge in [0.1, 0.15) is 11.4 Å². The minimum Gasteiger partial charge on any atom is -0.444 e. The molecule has 0 atom stereocenters. The molecule has 0 bridgehead atoms. The fourth-order valence-corrected chi connectivity index (χ4v) is 2.86. The van der Waals surface area contributed by atoms with Crippen molar-refractivity contribution in [3.8, 4) is 0 Å². The highest BCUT2D eigenvalue weighted by Gasteiger charge is 2.17. The standard InChI is InChI=1S/C20H21BrFNO3/c1-20(2,3)26-19(25)23-17-7-5-4-6-13(17)8-9-14-10-11-16(21)15(12-24)18(14)22/h4-7,10-12H,8-9H2,1-3H3,(H,23,25). The van der Waals surface area contributed by atoms with Crippen LogP contribution in [0, 0.1) is 5.82 Å². The van der Waals surface area contributed by atoms with Gasteiger partial charge >= 0.3 is 6.09 Å². The monoisotopic (exact) mass is 421 g/mol. The van der Waals surface area contributed by atoms with Gasteiger partial charge in [0.05, 0.1) is 5.56 Å². The second-order valence-corrected chi connectivity index (χ2v) is 7.69. The average molecular weight is 422 g/mol. The Kier molecular flexibility index (Phi) is 6.53. The Morgan fingerprint density at radius 3 is 2.46 bits per heavy atom. The SMILES string of the molecule is CC(C)(C)OC(=O)Nc1ccccc1CCc1ccc(Br)c(C=O)c1F. The van der Waals surface area contributed by atoms with Gasteiger partial charge in [-0.2, -0.15) is 0 Å². The van der Waals surface area contributed by atoms with Crippen LogP contribution in [-0.2, 0) is 17.6 Å². The quantitative estimate of drug-likeness (QED) is 0.645. The molecule has 0 fully saturated rings. The molecule has 0 heterocycles. The number of benzene rings is 2. The highest BCUT2D eigenvalue weighted by atomic mass is 79.9. The summed E-state index contributed by atoms with van der Waals surface area (Å²) in [5.41, 5.74) is 1.35. The second kappa shape index (κ2) is 8.45. The zero-order valence-corrected chi connectivity index (χ0v) is 16.5. The first-order valence-corrected chi connectivity index (χ1v) is 9.00. The summed E-state index contributed by atoms with van der Waals surface area (Å²) in [5, 5.41) is 2.73. The molecule has 0 aromatic heterocycles. The molecule has 1 N–H and O–H groups in total. The normalized spacial score (nSPS) is 11.1. The van der Waals surface area contributed by atoms with E-state index in [4.69, 9.17) is 4.74 Å². The molecule has 0 saturated carbocycles. The Morgan fingerprint density at radius 2 is 1.81 bits per heavy atom. The van der Waals surface area contributed by atoms with Crippen LogP contribution in [0.15, 0.2) is 40.9 Å². The van der Waals surface area contributed by atoms with Gasteiger partial charge in [-0.3, -0.25) is 10.1 Å². The third-order valence-electron chi connectivity index (χ3n) is 3.64. The zero-order valence-electron chi connectivity index (χ0n) is 14.9. The van der Waals surface area contributed by atoms with E-state index >= 15 is 0 Å². The number of carbonyl (C=O) groups is 2. The van der Waals surface area contributed by atoms with Crippen molar-refractivity contribution in [2.24, 2.45) is 0 Å². The van der Waals surface area contributed by atoms with E-state index in [1.54, 1.807) is 45.0 Å². The van der Waals surface area contributed by atoms with E-state index < -0.39 is 17.5 Å². The molecule has 0 aliphatic rings. The lowest BCUT2D eigenvalue weighted by molar-refractivity contribution is 0.0635. The predicted octanol–water partition coefficient (Wildman–Crippen LogP) is 5.53. The molecule has 138 valence electrons. The lowest BCUT2D eigenvalue weighted by atomic mass is 10.0. The summed E-state index contributed by atoms with van der Waals surface area (Å²) in [5.74, 6) is -0.521. The second-order valence-electron chi connectivity index (χ2n) is 6.84. The molecule has 2 aromatic carbocycles. The van der Waals surface area contributed by atoms with Crippen LogP contribution in [-0.4, -0.2) is 18.0 Å². The van der Waals surface area contributed by atoms with Crippen LogP contribution < -0.4 is 5.32 Å². The van der Waals surface area contributed by atoms with Crippen LogP contribution in [0.4, 0.5) is 14.9 Å². The van der Waals surface area contributed by atoms with Gasteiger partial charge in [-0.25, -0.2) is 9.18 Å². The number of hydrogen-bond donors (Lipinski definition) is 1. The zero-order chi connectivity index (χ0) is 19.3. The molecule has 2 aromatic rings. The van der Waals surface area contributed by atoms with Crippen LogP contribution in [0.5, 0.6) is 0 Å². The molecule has 26 heavy (non-hydrogen) atoms. The summed E-state index contributed by atoms with van der Waals surface area (Å²) >= 11 is 3.17. The van der Waals surface area contributed by atoms with E-state index in [1.165, 1.54) is 0 Å². The third-order valence-corrected chi connectivity index (χ3v) is 4.33. The fourth-order valence-electron chi connectivity index (χ4n) is 2.46. The van der Waals surface area contributed by atoms with Gasteiger partial charge in [0.15, 0.2) is 6.29 Å². The Hall–Kier alpha value is -2.21. The maximum absolute atomic E-state index is 14.4. The van der Waals surface area contributed by atoms with E-state index in [-0.39, 0.29) is 5.56 Å². The fraction of sp³-hybridized carbons (Fsp3) is 0.300. The topological polar surface area (TPSA) is 55.4 Å². The van der Waals surface area contributed by atoms with Crippen molar-refractivity contribution < 1.29 is 18.7 Å². The number of amides is 1. The van der Waals surface area contributed by atoms with Gasteiger partial charge in [0.2, 0.25) is 0 Å². The number of para-hydroxylation sites is 1. The van der Waals surface area contributed by atoms with Gasteiger partial charge in [0, 0.05) is 10.2 Å². The molecule has 4 nitrogen and oxygen atoms in total. The lowest BCUT2D eigenvalue weighted by Gasteiger charge is -2.20. The summed E-state index contributed by atoms with van der Waals surface area (Å²) < 4.78 is 20.1. The largest absolute Gasteiger partial charge is 0.444 e. The average Bonchev–Trinajstić information content (AvgIpc) is 2.54. The Balaban J connectivity index is 2.14. The molecule has 0 unspecified atom stereocenters. The van der Waals surface area contributed by atoms with Crippen molar-refractivity contribution in [3.05, 3.63) is 63.4 Å². The van der Waals surface area contributed by atoms with Gasteiger partial charge in [-0.05, 0) is 72.8 Å². The van der Waals surface area contributed by atoms with Crippen molar-refractivity contribution in [1.29, 1.82) is 0 Å². The molecule has 0 spiro atoms. The van der Waals surface area contributed by atoms with Gasteiger partial charge in [-0.15, -0.1) is 0 Å². The van der Waals surface area contributed by atoms with Crippen molar-refractivity contribution in [2.45, 2.75) is 39.2 Å². The third kappa shape index (κ3) is 5.39. The molecular weight excluding hydrogens is 401 g/mol. The highest BCUT2D eigenvalue weighted by molar-refractivity contribution is 9.10. The lowest BCUT2D eigenvalue weighted by Crippen LogP contribution is -2.27. The van der Waals surface area contributed by atoms with Crippen molar-refractivity contribution in [2.75, 3.05) is 5.32 Å². The van der Waals surface area contributed by atoms with E-state index in [1.807, 2.05) is 12.1 Å². The van der Waals surface area contributed by atoms with Crippen molar-refractivity contribution in [1.82, 2.24) is 0 Å². The maximum atomic E-state index is 14.4. The minimum atomic E-state index is -0.592. The smallest absolute Gasteiger partial charge is 0.412 e. The minimum absolute atomic E-state index is 0.0164. The van der Waals surface area contributed by atoms with Gasteiger partial charge in [0.25, 0.3) is 0 Å². The number of aldehydes is 1. The number of aryl methyl sites for hydroxylation is 2. The molecule has 2 rings (SSSR count). The van der Waals surface area contributed by atoms with E-state index in [9.17, 15) is 14.0 Å². The van der Waals surface area contributed by atoms with E-state index in [2.05, 4.69) is 21.2 Å². The van der Waals surface area contributed by atoms with Gasteiger partial charge < -0.3 is 4.74 Å². The summed E-state index contributed by atoms with van der Waals surface area (Å²) in [4.78, 5) is 23.0. The van der Waals surface area contributed by atoms with Crippen LogP contribution in [0.25, 0.3) is 0 Å². The van der Waals surface area contributed by atoms with Crippen molar-refractivity contribution >= 4 is 34.0 Å². The first kappa shape index (κ1) is 20.1. The maximum Gasteiger partial charge on any atom is 0.412 e. The number of halogens is 2. The highest BCUT2D eigenvalue weighted by Crippen LogP contribution is 2.24. The summed E-state index contributed by atoms with van der Waals surface area (Å²) in [6.07, 6.45) is 0.861. The molecule has 0 saturated heterocycles. The van der Waals surface area contributed by atoms with E-state index in [0.717, 1.165) is 5.56 Å². The summed E-state index contributed by atoms with van der Waals surface area (Å²) in [6, 6.07) is 10.6. The summed E-state index contributed by atoms with van der Waals surface area (Å²) in [6.45, 7) is 5.37. The number of rotatable bonds is 5. The molecule has 6 heteroatoms. The number of anilines is 1. The number of carbonyl (C=O) groups excluding carboxylic acids is 2. The number of hydrogen-bond acceptors (Lipinski definition) is 3. The van der Waals surface area contributed by atoms with Crippen molar-refractivity contribution in [3.63, 3.8) is 0 Å². The Bertz CT molecular complexity index is 815. The Labute approximate surface area is 160 Å². The van der Waals surface area contributed by atoms with Gasteiger partial charge in [-0.1, -0.05) is 24.3 Å². The predicted molar refractivity (Wildman–Crippen MR) is 103 cm³/mol. The number of nitrogens with one attached hydrogen (secondary N) is 1. The number of ether oxygens (including phenoxy) is 1. The molecule has 0 aliphatic carbocycles. The van der Waals surface area contributed by atoms with Crippen LogP contribution in [0.1, 0.15) is 42.3 Å². The van der Waals surface area contributed by atoms with Crippen LogP contribution in [0.2, 0.25) is 0 Å². The Morgan fingerprint density at radius 1 is 1.15 bits per heavy atom.